The summed E-state index contributed by atoms with van der Waals surface area (Å²) in [6.45, 7) is 0. The number of halogens is 1. The van der Waals surface area contributed by atoms with E-state index in [1.54, 1.807) is 0 Å². The van der Waals surface area contributed by atoms with Gasteiger partial charge in [0.25, 0.3) is 0 Å². The van der Waals surface area contributed by atoms with Crippen LogP contribution in [0.25, 0.3) is 0 Å². The van der Waals surface area contributed by atoms with Gasteiger partial charge in [0.2, 0.25) is 0 Å². The highest BCUT2D eigenvalue weighted by Gasteiger charge is 2.25. The molecular weight excluding hydrogens is 300 g/mol. The number of hydrogen-bond acceptors (Lipinski definition) is 3. The van der Waals surface area contributed by atoms with Gasteiger partial charge in [0, 0.05) is 0 Å². The number of rotatable bonds is 4. The average Bonchev–Trinajstić information content (AvgIpc) is 2.39. The Morgan fingerprint density at radius 3 is 2.50 bits per heavy atom. The van der Waals surface area contributed by atoms with Gasteiger partial charge in [0.15, 0.2) is 9.84 Å². The standard InChI is InChI=1S/C14H17ClO4S/c15-12-7-6-11(14(16)17)8-13(12)20(18,19)9-10-4-2-1-3-5-10/h6-8,10H,1-5,9H2,(H,16,17). The van der Waals surface area contributed by atoms with E-state index in [0.717, 1.165) is 38.2 Å². The van der Waals surface area contributed by atoms with Gasteiger partial charge in [-0.25, -0.2) is 13.2 Å². The highest BCUT2D eigenvalue weighted by Crippen LogP contribution is 2.30. The van der Waals surface area contributed by atoms with Crippen LogP contribution < -0.4 is 0 Å². The molecule has 1 saturated carbocycles. The molecular formula is C14H17ClO4S. The molecule has 1 aliphatic carbocycles. The van der Waals surface area contributed by atoms with Crippen LogP contribution in [0, 0.1) is 5.92 Å². The maximum atomic E-state index is 12.4. The number of carboxylic acid groups (broad SMARTS) is 1. The molecule has 1 aromatic carbocycles. The zero-order valence-electron chi connectivity index (χ0n) is 11.0. The predicted octanol–water partition coefficient (Wildman–Crippen LogP) is 3.39. The van der Waals surface area contributed by atoms with Crippen molar-refractivity contribution in [2.24, 2.45) is 5.92 Å². The number of hydrogen-bond donors (Lipinski definition) is 1. The van der Waals surface area contributed by atoms with Crippen LogP contribution in [0.15, 0.2) is 23.1 Å². The summed E-state index contributed by atoms with van der Waals surface area (Å²) in [5, 5.41) is 9.04. The first-order chi connectivity index (χ1) is 9.40. The van der Waals surface area contributed by atoms with Gasteiger partial charge < -0.3 is 5.11 Å². The second-order valence-electron chi connectivity index (χ2n) is 5.24. The summed E-state index contributed by atoms with van der Waals surface area (Å²) < 4.78 is 24.8. The summed E-state index contributed by atoms with van der Waals surface area (Å²) in [7, 11) is -3.54. The van der Waals surface area contributed by atoms with Gasteiger partial charge in [-0.3, -0.25) is 0 Å². The molecule has 110 valence electrons. The minimum Gasteiger partial charge on any atom is -0.478 e. The first-order valence-corrected chi connectivity index (χ1v) is 8.69. The van der Waals surface area contributed by atoms with Crippen molar-refractivity contribution in [3.63, 3.8) is 0 Å². The number of carboxylic acids is 1. The van der Waals surface area contributed by atoms with Crippen LogP contribution in [-0.4, -0.2) is 25.2 Å². The molecule has 0 spiro atoms. The Bertz CT molecular complexity index is 604. The Morgan fingerprint density at radius 1 is 1.25 bits per heavy atom. The van der Waals surface area contributed by atoms with Crippen LogP contribution in [0.3, 0.4) is 0 Å². The van der Waals surface area contributed by atoms with E-state index in [-0.39, 0.29) is 27.2 Å². The maximum Gasteiger partial charge on any atom is 0.335 e. The van der Waals surface area contributed by atoms with Gasteiger partial charge in [-0.2, -0.15) is 0 Å². The molecule has 0 aromatic heterocycles. The lowest BCUT2D eigenvalue weighted by Crippen LogP contribution is -2.19. The molecule has 1 fully saturated rings. The number of carbonyl (C=O) groups is 1. The Kier molecular flexibility index (Phi) is 4.70. The molecule has 0 saturated heterocycles. The van der Waals surface area contributed by atoms with E-state index < -0.39 is 15.8 Å². The normalized spacial score (nSPS) is 17.1. The van der Waals surface area contributed by atoms with Crippen molar-refractivity contribution in [3.05, 3.63) is 28.8 Å². The lowest BCUT2D eigenvalue weighted by molar-refractivity contribution is 0.0696. The third-order valence-corrected chi connectivity index (χ3v) is 6.05. The van der Waals surface area contributed by atoms with Crippen molar-refractivity contribution in [1.82, 2.24) is 0 Å². The highest BCUT2D eigenvalue weighted by atomic mass is 35.5. The zero-order chi connectivity index (χ0) is 14.8. The topological polar surface area (TPSA) is 71.4 Å². The third kappa shape index (κ3) is 3.52. The Morgan fingerprint density at radius 2 is 1.90 bits per heavy atom. The van der Waals surface area contributed by atoms with Gasteiger partial charge in [0.05, 0.1) is 21.2 Å². The minimum atomic E-state index is -3.54. The fraction of sp³-hybridized carbons (Fsp3) is 0.500. The van der Waals surface area contributed by atoms with Crippen LogP contribution in [0.1, 0.15) is 42.5 Å². The van der Waals surface area contributed by atoms with E-state index in [1.165, 1.54) is 12.1 Å². The third-order valence-electron chi connectivity index (χ3n) is 3.69. The second-order valence-corrected chi connectivity index (χ2v) is 7.65. The first-order valence-electron chi connectivity index (χ1n) is 6.66. The van der Waals surface area contributed by atoms with Gasteiger partial charge in [-0.15, -0.1) is 0 Å². The Balaban J connectivity index is 2.28. The van der Waals surface area contributed by atoms with E-state index in [1.807, 2.05) is 0 Å². The van der Waals surface area contributed by atoms with Gasteiger partial charge >= 0.3 is 5.97 Å². The van der Waals surface area contributed by atoms with Crippen molar-refractivity contribution >= 4 is 27.4 Å². The smallest absolute Gasteiger partial charge is 0.335 e. The van der Waals surface area contributed by atoms with Crippen LogP contribution in [0.2, 0.25) is 5.02 Å². The average molecular weight is 317 g/mol. The molecule has 0 atom stereocenters. The van der Waals surface area contributed by atoms with E-state index in [2.05, 4.69) is 0 Å². The Hall–Kier alpha value is -1.07. The van der Waals surface area contributed by atoms with Crippen molar-refractivity contribution in [2.45, 2.75) is 37.0 Å². The SMILES string of the molecule is O=C(O)c1ccc(Cl)c(S(=O)(=O)CC2CCCCC2)c1. The van der Waals surface area contributed by atoms with Gasteiger partial charge in [-0.05, 0) is 37.0 Å². The molecule has 4 nitrogen and oxygen atoms in total. The molecule has 6 heteroatoms. The molecule has 0 amide bonds. The summed E-state index contributed by atoms with van der Waals surface area (Å²) in [4.78, 5) is 10.9. The summed E-state index contributed by atoms with van der Waals surface area (Å²) in [6, 6.07) is 3.80. The lowest BCUT2D eigenvalue weighted by Gasteiger charge is -2.21. The minimum absolute atomic E-state index is 0.0514. The van der Waals surface area contributed by atoms with Crippen LogP contribution in [0.4, 0.5) is 0 Å². The fourth-order valence-corrected chi connectivity index (χ4v) is 4.90. The summed E-state index contributed by atoms with van der Waals surface area (Å²) in [5.41, 5.74) is -0.0587. The number of sulfone groups is 1. The van der Waals surface area contributed by atoms with E-state index in [4.69, 9.17) is 16.7 Å². The van der Waals surface area contributed by atoms with E-state index >= 15 is 0 Å². The number of aromatic carboxylic acids is 1. The maximum absolute atomic E-state index is 12.4. The lowest BCUT2D eigenvalue weighted by atomic mass is 9.91. The molecule has 0 bridgehead atoms. The van der Waals surface area contributed by atoms with E-state index in [9.17, 15) is 13.2 Å². The molecule has 20 heavy (non-hydrogen) atoms. The van der Waals surface area contributed by atoms with Crippen molar-refractivity contribution < 1.29 is 18.3 Å². The van der Waals surface area contributed by atoms with Crippen LogP contribution >= 0.6 is 11.6 Å². The summed E-state index contributed by atoms with van der Waals surface area (Å²) in [6.07, 6.45) is 5.10. The second kappa shape index (κ2) is 6.14. The molecule has 0 radical (unpaired) electrons. The van der Waals surface area contributed by atoms with E-state index in [0.29, 0.717) is 0 Å². The van der Waals surface area contributed by atoms with Crippen LogP contribution in [0.5, 0.6) is 0 Å². The zero-order valence-corrected chi connectivity index (χ0v) is 12.6. The van der Waals surface area contributed by atoms with Crippen molar-refractivity contribution in [3.8, 4) is 0 Å². The van der Waals surface area contributed by atoms with Crippen molar-refractivity contribution in [2.75, 3.05) is 5.75 Å². The molecule has 1 N–H and O–H groups in total. The van der Waals surface area contributed by atoms with Gasteiger partial charge in [0.1, 0.15) is 0 Å². The Labute approximate surface area is 123 Å². The molecule has 2 rings (SSSR count). The quantitative estimate of drug-likeness (QED) is 0.924. The predicted molar refractivity (Wildman–Crippen MR) is 77.0 cm³/mol. The molecule has 0 unspecified atom stereocenters. The summed E-state index contributed by atoms with van der Waals surface area (Å²) >= 11 is 5.93. The largest absolute Gasteiger partial charge is 0.478 e. The van der Waals surface area contributed by atoms with Crippen molar-refractivity contribution in [1.29, 1.82) is 0 Å². The molecule has 0 aliphatic heterocycles. The van der Waals surface area contributed by atoms with Crippen LogP contribution in [-0.2, 0) is 9.84 Å². The molecule has 1 aromatic rings. The fourth-order valence-electron chi connectivity index (χ4n) is 2.63. The highest BCUT2D eigenvalue weighted by molar-refractivity contribution is 7.91. The molecule has 0 heterocycles. The number of benzene rings is 1. The monoisotopic (exact) mass is 316 g/mol. The summed E-state index contributed by atoms with van der Waals surface area (Å²) in [5.74, 6) is -0.954. The molecule has 1 aliphatic rings. The van der Waals surface area contributed by atoms with Gasteiger partial charge in [-0.1, -0.05) is 30.9 Å². The first kappa shape index (κ1) is 15.3.